The second-order valence-corrected chi connectivity index (χ2v) is 9.94. The molecule has 2 heterocycles. The number of furan rings is 1. The summed E-state index contributed by atoms with van der Waals surface area (Å²) in [4.78, 5) is 25.1. The molecule has 6 nitrogen and oxygen atoms in total. The predicted molar refractivity (Wildman–Crippen MR) is 118 cm³/mol. The molecule has 2 aromatic carbocycles. The molecule has 0 atom stereocenters. The average molecular weight is 444 g/mol. The summed E-state index contributed by atoms with van der Waals surface area (Å²) in [5.74, 6) is -0.545. The minimum Gasteiger partial charge on any atom is -0.481 e. The highest BCUT2D eigenvalue weighted by atomic mass is 19.1. The van der Waals surface area contributed by atoms with E-state index in [1.54, 1.807) is 12.1 Å². The summed E-state index contributed by atoms with van der Waals surface area (Å²) in [5.41, 5.74) is 0.734. The van der Waals surface area contributed by atoms with Crippen molar-refractivity contribution in [2.75, 3.05) is 0 Å². The molecule has 0 aliphatic heterocycles. The zero-order chi connectivity index (χ0) is 22.6. The van der Waals surface area contributed by atoms with Crippen molar-refractivity contribution in [3.05, 3.63) is 71.9 Å². The summed E-state index contributed by atoms with van der Waals surface area (Å²) in [6.45, 7) is 0.404. The minimum absolute atomic E-state index is 0.169. The molecular weight excluding hydrogens is 423 g/mol. The van der Waals surface area contributed by atoms with Crippen LogP contribution in [-0.2, 0) is 11.3 Å². The number of carboxylic acid groups (broad SMARTS) is 1. The molecule has 3 aliphatic rings. The molecule has 3 saturated carbocycles. The summed E-state index contributed by atoms with van der Waals surface area (Å²) < 4.78 is 21.4. The lowest BCUT2D eigenvalue weighted by Gasteiger charge is -2.21. The molecule has 2 aromatic heterocycles. The first-order chi connectivity index (χ1) is 15.9. The van der Waals surface area contributed by atoms with E-state index in [0.29, 0.717) is 41.7 Å². The van der Waals surface area contributed by atoms with Gasteiger partial charge in [-0.3, -0.25) is 9.59 Å². The van der Waals surface area contributed by atoms with Gasteiger partial charge in [-0.1, -0.05) is 12.1 Å². The quantitative estimate of drug-likeness (QED) is 0.451. The fraction of sp³-hybridized carbons (Fsp3) is 0.308. The number of hydrogen-bond acceptors (Lipinski definition) is 3. The van der Waals surface area contributed by atoms with Gasteiger partial charge in [0.1, 0.15) is 17.2 Å². The van der Waals surface area contributed by atoms with Gasteiger partial charge in [-0.15, -0.1) is 0 Å². The Kier molecular flexibility index (Phi) is 3.35. The lowest BCUT2D eigenvalue weighted by Crippen LogP contribution is -2.41. The van der Waals surface area contributed by atoms with Gasteiger partial charge in [0, 0.05) is 27.9 Å². The molecule has 0 saturated heterocycles. The molecule has 4 aromatic rings. The van der Waals surface area contributed by atoms with E-state index in [2.05, 4.69) is 5.32 Å². The van der Waals surface area contributed by atoms with Gasteiger partial charge in [0.15, 0.2) is 0 Å². The highest BCUT2D eigenvalue weighted by Gasteiger charge is 2.95. The van der Waals surface area contributed by atoms with E-state index in [-0.39, 0.29) is 22.7 Å². The van der Waals surface area contributed by atoms with Crippen LogP contribution in [0.3, 0.4) is 0 Å². The number of halogens is 1. The molecular formula is C26H21FN2O4. The predicted octanol–water partition coefficient (Wildman–Crippen LogP) is 4.70. The van der Waals surface area contributed by atoms with Crippen molar-refractivity contribution in [1.82, 2.24) is 9.88 Å². The lowest BCUT2D eigenvalue weighted by molar-refractivity contribution is -0.141. The fourth-order valence-electron chi connectivity index (χ4n) is 6.07. The maximum Gasteiger partial charge on any atom is 0.310 e. The number of nitrogens with one attached hydrogen (secondary N) is 1. The van der Waals surface area contributed by atoms with Crippen molar-refractivity contribution in [3.63, 3.8) is 0 Å². The monoisotopic (exact) mass is 444 g/mol. The third kappa shape index (κ3) is 2.42. The Labute approximate surface area is 188 Å². The van der Waals surface area contributed by atoms with Crippen molar-refractivity contribution in [2.24, 2.45) is 10.8 Å². The molecule has 7 heteroatoms. The summed E-state index contributed by atoms with van der Waals surface area (Å²) in [7, 11) is 0. The molecule has 33 heavy (non-hydrogen) atoms. The highest BCUT2D eigenvalue weighted by Crippen LogP contribution is 2.93. The van der Waals surface area contributed by atoms with Crippen LogP contribution >= 0.6 is 0 Å². The molecule has 3 aliphatic carbocycles. The Balaban J connectivity index is 1.21. The van der Waals surface area contributed by atoms with Crippen LogP contribution in [0.5, 0.6) is 0 Å². The van der Waals surface area contributed by atoms with E-state index >= 15 is 0 Å². The topological polar surface area (TPSA) is 84.5 Å². The van der Waals surface area contributed by atoms with E-state index in [1.165, 1.54) is 12.1 Å². The lowest BCUT2D eigenvalue weighted by atomic mass is 10.0. The Morgan fingerprint density at radius 1 is 1.09 bits per heavy atom. The fourth-order valence-corrected chi connectivity index (χ4v) is 6.07. The average Bonchev–Trinajstić information content (AvgIpc) is 3.69. The third-order valence-electron chi connectivity index (χ3n) is 8.19. The Morgan fingerprint density at radius 2 is 1.91 bits per heavy atom. The Hall–Kier alpha value is -3.61. The number of hydrogen-bond donors (Lipinski definition) is 2. The van der Waals surface area contributed by atoms with Crippen molar-refractivity contribution < 1.29 is 23.5 Å². The smallest absolute Gasteiger partial charge is 0.310 e. The van der Waals surface area contributed by atoms with Crippen LogP contribution in [0.2, 0.25) is 0 Å². The van der Waals surface area contributed by atoms with Crippen LogP contribution in [0, 0.1) is 16.6 Å². The number of carbonyl (C=O) groups is 2. The number of benzene rings is 2. The first-order valence-corrected chi connectivity index (χ1v) is 11.2. The number of rotatable bonds is 6. The number of nitrogens with zero attached hydrogens (tertiary/aromatic N) is 1. The van der Waals surface area contributed by atoms with Gasteiger partial charge in [-0.25, -0.2) is 4.39 Å². The number of para-hydroxylation sites is 1. The molecule has 2 N–H and O–H groups in total. The van der Waals surface area contributed by atoms with Crippen LogP contribution in [-0.4, -0.2) is 27.1 Å². The molecule has 0 radical (unpaired) electrons. The Morgan fingerprint density at radius 3 is 2.64 bits per heavy atom. The van der Waals surface area contributed by atoms with E-state index < -0.39 is 11.4 Å². The summed E-state index contributed by atoms with van der Waals surface area (Å²) in [6, 6.07) is 13.8. The summed E-state index contributed by atoms with van der Waals surface area (Å²) in [5, 5.41) is 14.4. The van der Waals surface area contributed by atoms with Gasteiger partial charge in [0.2, 0.25) is 0 Å². The first kappa shape index (κ1) is 18.9. The van der Waals surface area contributed by atoms with E-state index in [0.717, 1.165) is 23.7 Å². The van der Waals surface area contributed by atoms with Gasteiger partial charge in [0.25, 0.3) is 5.91 Å². The number of carboxylic acids is 1. The second kappa shape index (κ2) is 5.84. The van der Waals surface area contributed by atoms with Crippen LogP contribution in [0.25, 0.3) is 21.9 Å². The largest absolute Gasteiger partial charge is 0.481 e. The minimum atomic E-state index is -0.732. The van der Waals surface area contributed by atoms with Crippen LogP contribution in [0.15, 0.2) is 59.1 Å². The zero-order valence-corrected chi connectivity index (χ0v) is 17.7. The van der Waals surface area contributed by atoms with Gasteiger partial charge >= 0.3 is 5.97 Å². The maximum atomic E-state index is 13.5. The second-order valence-electron chi connectivity index (χ2n) is 9.94. The molecule has 0 bridgehead atoms. The van der Waals surface area contributed by atoms with Crippen molar-refractivity contribution in [2.45, 2.75) is 37.8 Å². The molecule has 0 spiro atoms. The number of aromatic nitrogens is 1. The highest BCUT2D eigenvalue weighted by molar-refractivity contribution is 6.06. The van der Waals surface area contributed by atoms with Crippen LogP contribution in [0.4, 0.5) is 4.39 Å². The van der Waals surface area contributed by atoms with Gasteiger partial charge in [-0.05, 0) is 62.1 Å². The molecule has 166 valence electrons. The SMILES string of the molecule is O=C(NC1(C23CC2(C(=O)O)C3)CC1)c1cccc2ccn(Cc3cc4cc(F)ccc4o3)c12. The summed E-state index contributed by atoms with van der Waals surface area (Å²) >= 11 is 0. The molecule has 0 unspecified atom stereocenters. The normalized spacial score (nSPS) is 26.2. The first-order valence-electron chi connectivity index (χ1n) is 11.2. The number of fused-ring (bicyclic) bond motifs is 3. The van der Waals surface area contributed by atoms with Crippen LogP contribution in [0.1, 0.15) is 41.8 Å². The number of aliphatic carboxylic acids is 1. The van der Waals surface area contributed by atoms with E-state index in [4.69, 9.17) is 4.42 Å². The van der Waals surface area contributed by atoms with Crippen molar-refractivity contribution in [3.8, 4) is 0 Å². The van der Waals surface area contributed by atoms with Crippen LogP contribution < -0.4 is 5.32 Å². The third-order valence-corrected chi connectivity index (χ3v) is 8.19. The standard InChI is InChI=1S/C26H21FN2O4/c27-17-4-5-20-16(10-17)11-18(33-20)12-29-9-6-15-2-1-3-19(21(15)29)22(30)28-26(7-8-26)25-13-24(25,14-25)23(31)32/h1-6,9-11H,7-8,12-14H2,(H,28,30)(H,31,32). The van der Waals surface area contributed by atoms with Crippen molar-refractivity contribution >= 4 is 33.7 Å². The number of carbonyl (C=O) groups excluding carboxylic acids is 1. The van der Waals surface area contributed by atoms with E-state index in [9.17, 15) is 19.1 Å². The zero-order valence-electron chi connectivity index (χ0n) is 17.7. The Bertz CT molecular complexity index is 1500. The van der Waals surface area contributed by atoms with Gasteiger partial charge in [0.05, 0.1) is 23.0 Å². The van der Waals surface area contributed by atoms with Crippen molar-refractivity contribution in [1.29, 1.82) is 0 Å². The molecule has 7 rings (SSSR count). The molecule has 1 amide bonds. The van der Waals surface area contributed by atoms with Gasteiger partial charge in [-0.2, -0.15) is 0 Å². The summed E-state index contributed by atoms with van der Waals surface area (Å²) in [6.07, 6.45) is 4.92. The van der Waals surface area contributed by atoms with Gasteiger partial charge < -0.3 is 19.4 Å². The van der Waals surface area contributed by atoms with E-state index in [1.807, 2.05) is 35.0 Å². The maximum absolute atomic E-state index is 13.5. The molecule has 3 fully saturated rings. The number of amides is 1.